The molecule has 1 saturated heterocycles. The standard InChI is InChI=1S/C21H33N3O4S/c1-14(2)22-19(25)16-9-11-24(12-10-16)20(26)18-13-17(8-7-15(18)3)29(27,28)23-21(4,5)6/h7-8,13-14,16,23H,9-12H2,1-6H3,(H,22,25). The summed E-state index contributed by atoms with van der Waals surface area (Å²) in [5.41, 5.74) is 0.489. The van der Waals surface area contributed by atoms with Crippen molar-refractivity contribution in [1.82, 2.24) is 14.9 Å². The van der Waals surface area contributed by atoms with E-state index in [0.717, 1.165) is 5.56 Å². The van der Waals surface area contributed by atoms with Gasteiger partial charge in [-0.3, -0.25) is 9.59 Å². The number of nitrogens with one attached hydrogen (secondary N) is 2. The second kappa shape index (κ2) is 8.83. The lowest BCUT2D eigenvalue weighted by Gasteiger charge is -2.32. The maximum Gasteiger partial charge on any atom is 0.254 e. The Hall–Kier alpha value is -1.93. The summed E-state index contributed by atoms with van der Waals surface area (Å²) in [6.45, 7) is 11.9. The number of rotatable bonds is 5. The molecule has 0 atom stereocenters. The highest BCUT2D eigenvalue weighted by Crippen LogP contribution is 2.23. The van der Waals surface area contributed by atoms with Gasteiger partial charge in [0.15, 0.2) is 0 Å². The summed E-state index contributed by atoms with van der Waals surface area (Å²) in [5.74, 6) is -0.257. The highest BCUT2D eigenvalue weighted by molar-refractivity contribution is 7.89. The summed E-state index contributed by atoms with van der Waals surface area (Å²) in [7, 11) is -3.73. The minimum absolute atomic E-state index is 0.0321. The number of benzene rings is 1. The number of hydrogen-bond acceptors (Lipinski definition) is 4. The fraction of sp³-hybridized carbons (Fsp3) is 0.619. The Kier molecular flexibility index (Phi) is 7.11. The Morgan fingerprint density at radius 1 is 1.14 bits per heavy atom. The molecular formula is C21H33N3O4S. The van der Waals surface area contributed by atoms with E-state index < -0.39 is 15.6 Å². The van der Waals surface area contributed by atoms with Crippen molar-refractivity contribution >= 4 is 21.8 Å². The lowest BCUT2D eigenvalue weighted by molar-refractivity contribution is -0.126. The molecular weight excluding hydrogens is 390 g/mol. The predicted octanol–water partition coefficient (Wildman–Crippen LogP) is 2.45. The van der Waals surface area contributed by atoms with Crippen molar-refractivity contribution in [3.05, 3.63) is 29.3 Å². The molecule has 0 saturated carbocycles. The van der Waals surface area contributed by atoms with E-state index in [-0.39, 0.29) is 28.7 Å². The van der Waals surface area contributed by atoms with E-state index in [1.807, 2.05) is 13.8 Å². The first-order valence-electron chi connectivity index (χ1n) is 10.0. The summed E-state index contributed by atoms with van der Waals surface area (Å²) in [4.78, 5) is 27.0. The van der Waals surface area contributed by atoms with Crippen molar-refractivity contribution in [2.45, 2.75) is 70.9 Å². The summed E-state index contributed by atoms with van der Waals surface area (Å²) >= 11 is 0. The second-order valence-electron chi connectivity index (χ2n) is 9.06. The van der Waals surface area contributed by atoms with Gasteiger partial charge in [0, 0.05) is 36.2 Å². The molecule has 1 fully saturated rings. The Morgan fingerprint density at radius 2 is 1.72 bits per heavy atom. The molecule has 2 rings (SSSR count). The van der Waals surface area contributed by atoms with Gasteiger partial charge in [-0.25, -0.2) is 13.1 Å². The largest absolute Gasteiger partial charge is 0.354 e. The average molecular weight is 424 g/mol. The number of likely N-dealkylation sites (tertiary alicyclic amines) is 1. The first kappa shape index (κ1) is 23.3. The molecule has 1 aromatic carbocycles. The molecule has 162 valence electrons. The zero-order valence-electron chi connectivity index (χ0n) is 18.2. The van der Waals surface area contributed by atoms with Gasteiger partial charge in [0.1, 0.15) is 0 Å². The molecule has 1 aliphatic rings. The topological polar surface area (TPSA) is 95.6 Å². The fourth-order valence-corrected chi connectivity index (χ4v) is 4.82. The first-order valence-corrected chi connectivity index (χ1v) is 11.5. The molecule has 29 heavy (non-hydrogen) atoms. The minimum atomic E-state index is -3.73. The normalized spacial score (nSPS) is 16.2. The third kappa shape index (κ3) is 6.27. The lowest BCUT2D eigenvalue weighted by atomic mass is 9.95. The number of sulfonamides is 1. The molecule has 0 radical (unpaired) electrons. The van der Waals surface area contributed by atoms with Crippen molar-refractivity contribution in [1.29, 1.82) is 0 Å². The Labute approximate surface area is 174 Å². The molecule has 1 aliphatic heterocycles. The van der Waals surface area contributed by atoms with Crippen LogP contribution in [0.2, 0.25) is 0 Å². The Bertz CT molecular complexity index is 864. The van der Waals surface area contributed by atoms with Gasteiger partial charge in [0.05, 0.1) is 4.90 Å². The van der Waals surface area contributed by atoms with Crippen LogP contribution in [0.4, 0.5) is 0 Å². The third-order valence-electron chi connectivity index (χ3n) is 4.77. The molecule has 2 N–H and O–H groups in total. The summed E-state index contributed by atoms with van der Waals surface area (Å²) in [6, 6.07) is 4.72. The van der Waals surface area contributed by atoms with E-state index in [4.69, 9.17) is 0 Å². The van der Waals surface area contributed by atoms with E-state index in [9.17, 15) is 18.0 Å². The van der Waals surface area contributed by atoms with Crippen molar-refractivity contribution in [2.75, 3.05) is 13.1 Å². The Balaban J connectivity index is 2.15. The van der Waals surface area contributed by atoms with E-state index in [0.29, 0.717) is 31.5 Å². The summed E-state index contributed by atoms with van der Waals surface area (Å²) in [5, 5.41) is 2.92. The van der Waals surface area contributed by atoms with E-state index in [2.05, 4.69) is 10.0 Å². The van der Waals surface area contributed by atoms with Crippen molar-refractivity contribution in [3.63, 3.8) is 0 Å². The van der Waals surface area contributed by atoms with Gasteiger partial charge in [0.25, 0.3) is 5.91 Å². The monoisotopic (exact) mass is 423 g/mol. The zero-order chi connectivity index (χ0) is 22.0. The van der Waals surface area contributed by atoms with Gasteiger partial charge in [-0.15, -0.1) is 0 Å². The van der Waals surface area contributed by atoms with Gasteiger partial charge in [-0.2, -0.15) is 0 Å². The molecule has 0 unspecified atom stereocenters. The number of amides is 2. The first-order chi connectivity index (χ1) is 13.3. The molecule has 2 amide bonds. The highest BCUT2D eigenvalue weighted by Gasteiger charge is 2.29. The van der Waals surface area contributed by atoms with Crippen molar-refractivity contribution in [3.8, 4) is 0 Å². The van der Waals surface area contributed by atoms with Crippen LogP contribution >= 0.6 is 0 Å². The summed E-state index contributed by atoms with van der Waals surface area (Å²) in [6.07, 6.45) is 1.21. The molecule has 1 heterocycles. The average Bonchev–Trinajstić information content (AvgIpc) is 2.59. The quantitative estimate of drug-likeness (QED) is 0.760. The van der Waals surface area contributed by atoms with Crippen LogP contribution in [-0.2, 0) is 14.8 Å². The van der Waals surface area contributed by atoms with E-state index in [1.165, 1.54) is 12.1 Å². The number of hydrogen-bond donors (Lipinski definition) is 2. The fourth-order valence-electron chi connectivity index (χ4n) is 3.38. The number of carbonyl (C=O) groups excluding carboxylic acids is 2. The smallest absolute Gasteiger partial charge is 0.254 e. The van der Waals surface area contributed by atoms with Gasteiger partial charge >= 0.3 is 0 Å². The number of piperidine rings is 1. The molecule has 1 aromatic rings. The minimum Gasteiger partial charge on any atom is -0.354 e. The van der Waals surface area contributed by atoms with Crippen LogP contribution in [-0.4, -0.2) is 49.8 Å². The van der Waals surface area contributed by atoms with Crippen LogP contribution in [0.3, 0.4) is 0 Å². The van der Waals surface area contributed by atoms with E-state index in [1.54, 1.807) is 38.7 Å². The molecule has 8 heteroatoms. The second-order valence-corrected chi connectivity index (χ2v) is 10.7. The van der Waals surface area contributed by atoms with Crippen LogP contribution in [0.25, 0.3) is 0 Å². The SMILES string of the molecule is Cc1ccc(S(=O)(=O)NC(C)(C)C)cc1C(=O)N1CCC(C(=O)NC(C)C)CC1. The van der Waals surface area contributed by atoms with Gasteiger partial charge in [-0.1, -0.05) is 6.07 Å². The van der Waals surface area contributed by atoms with Gasteiger partial charge in [0.2, 0.25) is 15.9 Å². The summed E-state index contributed by atoms with van der Waals surface area (Å²) < 4.78 is 27.9. The van der Waals surface area contributed by atoms with Crippen LogP contribution in [0.15, 0.2) is 23.1 Å². The highest BCUT2D eigenvalue weighted by atomic mass is 32.2. The molecule has 0 aliphatic carbocycles. The molecule has 0 bridgehead atoms. The van der Waals surface area contributed by atoms with Gasteiger partial charge in [-0.05, 0) is 72.1 Å². The maximum atomic E-state index is 13.0. The van der Waals surface area contributed by atoms with E-state index >= 15 is 0 Å². The van der Waals surface area contributed by atoms with Crippen molar-refractivity contribution in [2.24, 2.45) is 5.92 Å². The lowest BCUT2D eigenvalue weighted by Crippen LogP contribution is -2.44. The zero-order valence-corrected chi connectivity index (χ0v) is 19.0. The molecule has 0 aromatic heterocycles. The number of nitrogens with zero attached hydrogens (tertiary/aromatic N) is 1. The van der Waals surface area contributed by atoms with Crippen LogP contribution in [0, 0.1) is 12.8 Å². The maximum absolute atomic E-state index is 13.0. The Morgan fingerprint density at radius 3 is 2.24 bits per heavy atom. The van der Waals surface area contributed by atoms with Crippen LogP contribution in [0.5, 0.6) is 0 Å². The number of aryl methyl sites for hydroxylation is 1. The predicted molar refractivity (Wildman–Crippen MR) is 113 cm³/mol. The van der Waals surface area contributed by atoms with Crippen LogP contribution < -0.4 is 10.0 Å². The van der Waals surface area contributed by atoms with Crippen molar-refractivity contribution < 1.29 is 18.0 Å². The molecule has 7 nitrogen and oxygen atoms in total. The molecule has 0 spiro atoms. The van der Waals surface area contributed by atoms with Crippen LogP contribution in [0.1, 0.15) is 63.4 Å². The third-order valence-corrected chi connectivity index (χ3v) is 6.53. The van der Waals surface area contributed by atoms with Gasteiger partial charge < -0.3 is 10.2 Å². The number of carbonyl (C=O) groups is 2.